The summed E-state index contributed by atoms with van der Waals surface area (Å²) in [7, 11) is 0. The zero-order valence-corrected chi connectivity index (χ0v) is 17.0. The first-order chi connectivity index (χ1) is 12.7. The highest BCUT2D eigenvalue weighted by Crippen LogP contribution is 2.66. The van der Waals surface area contributed by atoms with E-state index >= 15 is 0 Å². The number of aliphatic hydroxyl groups excluding tert-OH is 2. The molecule has 0 amide bonds. The predicted octanol–water partition coefficient (Wildman–Crippen LogP) is 3.86. The van der Waals surface area contributed by atoms with Crippen LogP contribution in [0.25, 0.3) is 0 Å². The highest BCUT2D eigenvalue weighted by Gasteiger charge is 2.62. The predicted molar refractivity (Wildman–Crippen MR) is 104 cm³/mol. The van der Waals surface area contributed by atoms with Gasteiger partial charge in [-0.25, -0.2) is 0 Å². The summed E-state index contributed by atoms with van der Waals surface area (Å²) in [6.07, 6.45) is 10.2. The number of hydrogen-bond donors (Lipinski definition) is 3. The lowest BCUT2D eigenvalue weighted by Crippen LogP contribution is -2.57. The molecule has 152 valence electrons. The van der Waals surface area contributed by atoms with Gasteiger partial charge in [0.2, 0.25) is 0 Å². The van der Waals surface area contributed by atoms with Crippen LogP contribution in [0.5, 0.6) is 0 Å². The highest BCUT2D eigenvalue weighted by molar-refractivity contribution is 5.67. The molecule has 0 saturated heterocycles. The van der Waals surface area contributed by atoms with Crippen molar-refractivity contribution in [2.45, 2.75) is 77.9 Å². The Labute approximate surface area is 163 Å². The van der Waals surface area contributed by atoms with Crippen LogP contribution in [0.2, 0.25) is 0 Å². The van der Waals surface area contributed by atoms with E-state index in [4.69, 9.17) is 0 Å². The molecule has 10 atom stereocenters. The number of aliphatic carboxylic acids is 1. The molecule has 4 aliphatic rings. The average molecular weight is 377 g/mol. The highest BCUT2D eigenvalue weighted by atomic mass is 16.4. The van der Waals surface area contributed by atoms with Crippen molar-refractivity contribution in [3.8, 4) is 0 Å². The summed E-state index contributed by atoms with van der Waals surface area (Å²) in [5, 5.41) is 30.8. The van der Waals surface area contributed by atoms with Gasteiger partial charge in [-0.3, -0.25) is 4.79 Å². The molecule has 0 aromatic carbocycles. The van der Waals surface area contributed by atoms with E-state index in [0.717, 1.165) is 38.5 Å². The Hall–Kier alpha value is -0.870. The van der Waals surface area contributed by atoms with Gasteiger partial charge in [0.1, 0.15) is 0 Å². The van der Waals surface area contributed by atoms with Gasteiger partial charge in [0.25, 0.3) is 0 Å². The summed E-state index contributed by atoms with van der Waals surface area (Å²) < 4.78 is 0. The maximum Gasteiger partial charge on any atom is 0.303 e. The van der Waals surface area contributed by atoms with E-state index in [1.165, 1.54) is 0 Å². The fourth-order valence-electron chi connectivity index (χ4n) is 7.95. The lowest BCUT2D eigenvalue weighted by atomic mass is 9.45. The topological polar surface area (TPSA) is 77.8 Å². The second-order valence-electron chi connectivity index (χ2n) is 10.6. The molecule has 0 bridgehead atoms. The normalized spacial score (nSPS) is 52.6. The van der Waals surface area contributed by atoms with Gasteiger partial charge in [-0.15, -0.1) is 0 Å². The van der Waals surface area contributed by atoms with Crippen molar-refractivity contribution < 1.29 is 20.1 Å². The molecular formula is C23H36O4. The molecule has 0 spiro atoms. The van der Waals surface area contributed by atoms with Gasteiger partial charge in [-0.1, -0.05) is 32.9 Å². The molecule has 4 aliphatic carbocycles. The van der Waals surface area contributed by atoms with E-state index in [0.29, 0.717) is 23.7 Å². The minimum atomic E-state index is -0.730. The second kappa shape index (κ2) is 6.59. The maximum atomic E-state index is 11.4. The third kappa shape index (κ3) is 2.81. The molecule has 4 heteroatoms. The zero-order chi connectivity index (χ0) is 19.6. The van der Waals surface area contributed by atoms with Crippen LogP contribution in [0.4, 0.5) is 0 Å². The van der Waals surface area contributed by atoms with E-state index in [2.05, 4.69) is 32.9 Å². The van der Waals surface area contributed by atoms with Crippen LogP contribution in [0, 0.1) is 46.3 Å². The van der Waals surface area contributed by atoms with E-state index in [1.54, 1.807) is 0 Å². The number of carbonyl (C=O) groups is 1. The average Bonchev–Trinajstić information content (AvgIpc) is 2.95. The lowest BCUT2D eigenvalue weighted by molar-refractivity contribution is -0.149. The lowest BCUT2D eigenvalue weighted by Gasteiger charge is -2.60. The van der Waals surface area contributed by atoms with Crippen LogP contribution >= 0.6 is 0 Å². The second-order valence-corrected chi connectivity index (χ2v) is 10.6. The molecule has 0 radical (unpaired) electrons. The molecule has 0 aliphatic heterocycles. The van der Waals surface area contributed by atoms with Gasteiger partial charge in [0, 0.05) is 6.42 Å². The Bertz CT molecular complexity index is 630. The molecule has 3 fully saturated rings. The van der Waals surface area contributed by atoms with Gasteiger partial charge in [0.05, 0.1) is 12.2 Å². The van der Waals surface area contributed by atoms with E-state index < -0.39 is 5.97 Å². The summed E-state index contributed by atoms with van der Waals surface area (Å²) >= 11 is 0. The summed E-state index contributed by atoms with van der Waals surface area (Å²) in [5.41, 5.74) is -0.0104. The first-order valence-corrected chi connectivity index (χ1v) is 10.9. The summed E-state index contributed by atoms with van der Waals surface area (Å²) in [6, 6.07) is 0. The molecule has 3 N–H and O–H groups in total. The summed E-state index contributed by atoms with van der Waals surface area (Å²) in [5.74, 6) is 1.46. The first kappa shape index (κ1) is 19.4. The molecule has 4 rings (SSSR count). The number of fused-ring (bicyclic) bond motifs is 5. The smallest absolute Gasteiger partial charge is 0.303 e. The Balaban J connectivity index is 1.64. The van der Waals surface area contributed by atoms with Gasteiger partial charge >= 0.3 is 5.97 Å². The van der Waals surface area contributed by atoms with E-state index in [-0.39, 0.29) is 41.3 Å². The molecule has 0 unspecified atom stereocenters. The number of aliphatic hydroxyl groups is 2. The minimum absolute atomic E-state index is 0.101. The van der Waals surface area contributed by atoms with Gasteiger partial charge in [-0.05, 0) is 84.9 Å². The summed E-state index contributed by atoms with van der Waals surface area (Å²) in [4.78, 5) is 11.3. The van der Waals surface area contributed by atoms with Crippen molar-refractivity contribution in [3.63, 3.8) is 0 Å². The van der Waals surface area contributed by atoms with Crippen molar-refractivity contribution in [1.82, 2.24) is 0 Å². The Morgan fingerprint density at radius 3 is 2.56 bits per heavy atom. The van der Waals surface area contributed by atoms with Gasteiger partial charge in [-0.2, -0.15) is 0 Å². The quantitative estimate of drug-likeness (QED) is 0.654. The largest absolute Gasteiger partial charge is 0.481 e. The van der Waals surface area contributed by atoms with Crippen LogP contribution in [0.15, 0.2) is 12.2 Å². The molecule has 3 saturated carbocycles. The van der Waals surface area contributed by atoms with Crippen LogP contribution in [0.3, 0.4) is 0 Å². The van der Waals surface area contributed by atoms with Gasteiger partial charge in [0.15, 0.2) is 0 Å². The molecular weight excluding hydrogens is 340 g/mol. The van der Waals surface area contributed by atoms with Crippen molar-refractivity contribution in [2.24, 2.45) is 46.3 Å². The minimum Gasteiger partial charge on any atom is -0.481 e. The Kier molecular flexibility index (Phi) is 4.74. The zero-order valence-electron chi connectivity index (χ0n) is 17.0. The van der Waals surface area contributed by atoms with Gasteiger partial charge < -0.3 is 15.3 Å². The Morgan fingerprint density at radius 1 is 1.11 bits per heavy atom. The number of carboxylic acid groups (broad SMARTS) is 1. The molecule has 4 nitrogen and oxygen atoms in total. The number of hydrogen-bond acceptors (Lipinski definition) is 3. The standard InChI is InChI=1S/C23H36O4/c1-13(10-21(26)27)17-6-7-18-16-5-4-14-11-15(24)8-9-22(14,2)19(16)12-20(25)23(17,18)3/h4-5,13-20,24-25H,6-12H2,1-3H3,(H,26,27)/t13-,14+,15+,16-,17+,18+,19-,20-,22+,23-/m1/s1. The fraction of sp³-hybridized carbons (Fsp3) is 0.870. The van der Waals surface area contributed by atoms with Crippen molar-refractivity contribution >= 4 is 5.97 Å². The third-order valence-corrected chi connectivity index (χ3v) is 9.50. The first-order valence-electron chi connectivity index (χ1n) is 10.9. The van der Waals surface area contributed by atoms with Crippen molar-refractivity contribution in [3.05, 3.63) is 12.2 Å². The molecule has 0 aromatic rings. The number of carboxylic acids is 1. The fourth-order valence-corrected chi connectivity index (χ4v) is 7.95. The van der Waals surface area contributed by atoms with Crippen LogP contribution in [-0.4, -0.2) is 33.5 Å². The van der Waals surface area contributed by atoms with Crippen LogP contribution in [-0.2, 0) is 4.79 Å². The number of allylic oxidation sites excluding steroid dienone is 2. The van der Waals surface area contributed by atoms with E-state index in [9.17, 15) is 20.1 Å². The molecule has 27 heavy (non-hydrogen) atoms. The van der Waals surface area contributed by atoms with Crippen molar-refractivity contribution in [2.75, 3.05) is 0 Å². The molecule has 0 heterocycles. The monoisotopic (exact) mass is 376 g/mol. The maximum absolute atomic E-state index is 11.4. The SMILES string of the molecule is C[C@H](CC(=O)O)[C@@H]1CC[C@H]2[C@H]3C=C[C@H]4C[C@@H](O)CC[C@]4(C)[C@@H]3C[C@@H](O)[C@@]21C. The number of rotatable bonds is 3. The molecule has 0 aromatic heterocycles. The Morgan fingerprint density at radius 2 is 1.85 bits per heavy atom. The summed E-state index contributed by atoms with van der Waals surface area (Å²) in [6.45, 7) is 6.68. The van der Waals surface area contributed by atoms with Crippen LogP contribution < -0.4 is 0 Å². The van der Waals surface area contributed by atoms with Crippen molar-refractivity contribution in [1.29, 1.82) is 0 Å². The van der Waals surface area contributed by atoms with Crippen LogP contribution in [0.1, 0.15) is 65.7 Å². The van der Waals surface area contributed by atoms with E-state index in [1.807, 2.05) is 0 Å². The third-order valence-electron chi connectivity index (χ3n) is 9.50.